The summed E-state index contributed by atoms with van der Waals surface area (Å²) in [5.74, 6) is -2.83. The average molecular weight is 497 g/mol. The fourth-order valence-electron chi connectivity index (χ4n) is 3.06. The van der Waals surface area contributed by atoms with Gasteiger partial charge in [0, 0.05) is 18.3 Å². The van der Waals surface area contributed by atoms with Crippen LogP contribution in [0.4, 0.5) is 0 Å². The van der Waals surface area contributed by atoms with Crippen LogP contribution >= 0.6 is 34.5 Å². The summed E-state index contributed by atoms with van der Waals surface area (Å²) in [6, 6.07) is 4.69. The number of fused-ring (bicyclic) bond motifs is 1. The van der Waals surface area contributed by atoms with Crippen LogP contribution in [0.1, 0.15) is 49.1 Å². The minimum absolute atomic E-state index is 0.0468. The van der Waals surface area contributed by atoms with Crippen molar-refractivity contribution in [2.75, 3.05) is 13.2 Å². The molecule has 1 aromatic carbocycles. The Morgan fingerprint density at radius 3 is 2.25 bits per heavy atom. The number of nitrogens with one attached hydrogen (secondary N) is 1. The second-order valence-corrected chi connectivity index (χ2v) is 8.98. The molecule has 0 radical (unpaired) electrons. The second kappa shape index (κ2) is 9.81. The van der Waals surface area contributed by atoms with Crippen LogP contribution < -0.4 is 5.32 Å². The van der Waals surface area contributed by atoms with Crippen molar-refractivity contribution in [3.63, 3.8) is 0 Å². The lowest BCUT2D eigenvalue weighted by Gasteiger charge is -2.20. The lowest BCUT2D eigenvalue weighted by Crippen LogP contribution is -2.44. The van der Waals surface area contributed by atoms with Gasteiger partial charge in [0.1, 0.15) is 6.04 Å². The van der Waals surface area contributed by atoms with Crippen molar-refractivity contribution in [2.24, 2.45) is 0 Å². The molecule has 2 aromatic rings. The molecule has 0 saturated heterocycles. The number of carbonyl (C=O) groups excluding carboxylic acids is 5. The first-order chi connectivity index (χ1) is 15.1. The minimum Gasteiger partial charge on any atom is -0.456 e. The number of carbonyl (C=O) groups is 5. The van der Waals surface area contributed by atoms with Crippen molar-refractivity contribution in [3.8, 4) is 0 Å². The molecule has 8 nitrogen and oxygen atoms in total. The van der Waals surface area contributed by atoms with Gasteiger partial charge in [0.15, 0.2) is 6.61 Å². The molecule has 0 aliphatic carbocycles. The number of Topliss-reactive ketones (excluding diaryl/α,β-unsaturated/α-hetero) is 1. The number of thiophene rings is 1. The van der Waals surface area contributed by atoms with Gasteiger partial charge in [-0.05, 0) is 37.6 Å². The van der Waals surface area contributed by atoms with Crippen LogP contribution in [0, 0.1) is 0 Å². The number of benzene rings is 1. The Kier molecular flexibility index (Phi) is 7.33. The molecule has 0 unspecified atom stereocenters. The summed E-state index contributed by atoms with van der Waals surface area (Å²) in [4.78, 5) is 63.0. The number of hydrogen-bond donors (Lipinski definition) is 1. The van der Waals surface area contributed by atoms with E-state index in [9.17, 15) is 24.0 Å². The van der Waals surface area contributed by atoms with E-state index in [2.05, 4.69) is 5.32 Å². The highest BCUT2D eigenvalue weighted by molar-refractivity contribution is 7.14. The molecular weight excluding hydrogens is 479 g/mol. The normalized spacial score (nSPS) is 13.7. The van der Waals surface area contributed by atoms with Crippen LogP contribution in [0.2, 0.25) is 10.0 Å². The van der Waals surface area contributed by atoms with Gasteiger partial charge in [0.2, 0.25) is 11.7 Å². The molecule has 11 heteroatoms. The second-order valence-electron chi connectivity index (χ2n) is 7.00. The van der Waals surface area contributed by atoms with E-state index in [0.717, 1.165) is 9.78 Å². The molecule has 0 spiro atoms. The molecular formula is C21H18Cl2N2O6S. The Bertz CT molecular complexity index is 1090. The van der Waals surface area contributed by atoms with Crippen molar-refractivity contribution in [1.29, 1.82) is 0 Å². The van der Waals surface area contributed by atoms with Crippen LogP contribution in [0.25, 0.3) is 0 Å². The summed E-state index contributed by atoms with van der Waals surface area (Å²) < 4.78 is 5.06. The molecule has 0 fully saturated rings. The zero-order valence-electron chi connectivity index (χ0n) is 17.1. The van der Waals surface area contributed by atoms with Crippen LogP contribution in [-0.2, 0) is 20.7 Å². The van der Waals surface area contributed by atoms with E-state index in [1.165, 1.54) is 37.3 Å². The number of hydrogen-bond acceptors (Lipinski definition) is 7. The number of amides is 3. The van der Waals surface area contributed by atoms with Crippen molar-refractivity contribution >= 4 is 64.0 Å². The summed E-state index contributed by atoms with van der Waals surface area (Å²) in [5.41, 5.74) is 0.0935. The first-order valence-corrected chi connectivity index (χ1v) is 11.1. The van der Waals surface area contributed by atoms with Gasteiger partial charge in [-0.2, -0.15) is 0 Å². The lowest BCUT2D eigenvalue weighted by molar-refractivity contribution is -0.146. The van der Waals surface area contributed by atoms with Crippen molar-refractivity contribution in [1.82, 2.24) is 10.2 Å². The summed E-state index contributed by atoms with van der Waals surface area (Å²) in [6.07, 6.45) is 0.572. The van der Waals surface area contributed by atoms with Gasteiger partial charge in [-0.15, -0.1) is 11.3 Å². The third-order valence-electron chi connectivity index (χ3n) is 4.71. The summed E-state index contributed by atoms with van der Waals surface area (Å²) in [5, 5.41) is 2.90. The standard InChI is InChI=1S/C21H18Cl2N2O6S/c1-10(25-19(28)13-7-15(22)16(23)8-14(13)20(25)29)21(30)31-9-17(27)18-4-3-12(32-18)5-6-24-11(2)26/h3-4,7-8,10H,5-6,9H2,1-2H3,(H,24,26)/t10-/m0/s1. The minimum atomic E-state index is -1.25. The van der Waals surface area contributed by atoms with E-state index >= 15 is 0 Å². The van der Waals surface area contributed by atoms with Crippen molar-refractivity contribution in [2.45, 2.75) is 26.3 Å². The van der Waals surface area contributed by atoms with Gasteiger partial charge in [-0.1, -0.05) is 23.2 Å². The number of nitrogens with zero attached hydrogens (tertiary/aromatic N) is 1. The maximum absolute atomic E-state index is 12.6. The van der Waals surface area contributed by atoms with E-state index in [1.54, 1.807) is 12.1 Å². The van der Waals surface area contributed by atoms with E-state index in [4.69, 9.17) is 27.9 Å². The van der Waals surface area contributed by atoms with Crippen LogP contribution in [0.15, 0.2) is 24.3 Å². The van der Waals surface area contributed by atoms with E-state index < -0.39 is 36.2 Å². The monoisotopic (exact) mass is 496 g/mol. The molecule has 2 heterocycles. The van der Waals surface area contributed by atoms with Gasteiger partial charge < -0.3 is 10.1 Å². The Morgan fingerprint density at radius 1 is 1.09 bits per heavy atom. The molecule has 1 N–H and O–H groups in total. The summed E-state index contributed by atoms with van der Waals surface area (Å²) >= 11 is 13.1. The highest BCUT2D eigenvalue weighted by atomic mass is 35.5. The molecule has 168 valence electrons. The average Bonchev–Trinajstić information content (AvgIpc) is 3.29. The molecule has 1 aliphatic heterocycles. The number of ketones is 1. The van der Waals surface area contributed by atoms with Gasteiger partial charge in [0.05, 0.1) is 26.0 Å². The smallest absolute Gasteiger partial charge is 0.329 e. The Morgan fingerprint density at radius 2 is 1.69 bits per heavy atom. The molecule has 1 aliphatic rings. The third kappa shape index (κ3) is 5.01. The molecule has 3 rings (SSSR count). The quantitative estimate of drug-likeness (QED) is 0.341. The van der Waals surface area contributed by atoms with E-state index in [1.807, 2.05) is 0 Å². The highest BCUT2D eigenvalue weighted by Crippen LogP contribution is 2.32. The highest BCUT2D eigenvalue weighted by Gasteiger charge is 2.42. The molecule has 32 heavy (non-hydrogen) atoms. The Labute approximate surface area is 197 Å². The number of esters is 1. The number of imide groups is 1. The van der Waals surface area contributed by atoms with Crippen LogP contribution in [0.3, 0.4) is 0 Å². The number of rotatable bonds is 8. The predicted octanol–water partition coefficient (Wildman–Crippen LogP) is 3.14. The predicted molar refractivity (Wildman–Crippen MR) is 118 cm³/mol. The topological polar surface area (TPSA) is 110 Å². The third-order valence-corrected chi connectivity index (χ3v) is 6.62. The van der Waals surface area contributed by atoms with Crippen molar-refractivity contribution in [3.05, 3.63) is 55.2 Å². The molecule has 0 saturated carbocycles. The lowest BCUT2D eigenvalue weighted by atomic mass is 10.1. The Hall–Kier alpha value is -2.75. The fraction of sp³-hybridized carbons (Fsp3) is 0.286. The molecule has 0 bridgehead atoms. The largest absolute Gasteiger partial charge is 0.456 e. The SMILES string of the molecule is CC(=O)NCCc1ccc(C(=O)COC(=O)[C@H](C)N2C(=O)c3cc(Cl)c(Cl)cc3C2=O)s1. The number of ether oxygens (including phenoxy) is 1. The van der Waals surface area contributed by atoms with E-state index in [0.29, 0.717) is 17.8 Å². The van der Waals surface area contributed by atoms with E-state index in [-0.39, 0.29) is 27.1 Å². The van der Waals surface area contributed by atoms with Crippen LogP contribution in [0.5, 0.6) is 0 Å². The summed E-state index contributed by atoms with van der Waals surface area (Å²) in [7, 11) is 0. The van der Waals surface area contributed by atoms with Crippen LogP contribution in [-0.4, -0.2) is 53.6 Å². The first kappa shape index (κ1) is 23.9. The van der Waals surface area contributed by atoms with Gasteiger partial charge in [0.25, 0.3) is 11.8 Å². The molecule has 1 aromatic heterocycles. The molecule has 3 amide bonds. The first-order valence-electron chi connectivity index (χ1n) is 9.50. The Balaban J connectivity index is 1.59. The van der Waals surface area contributed by atoms with Gasteiger partial charge >= 0.3 is 5.97 Å². The fourth-order valence-corrected chi connectivity index (χ4v) is 4.32. The van der Waals surface area contributed by atoms with Gasteiger partial charge in [-0.25, -0.2) is 4.79 Å². The zero-order valence-corrected chi connectivity index (χ0v) is 19.4. The molecule has 1 atom stereocenters. The maximum Gasteiger partial charge on any atom is 0.329 e. The zero-order chi connectivity index (χ0) is 23.6. The van der Waals surface area contributed by atoms with Gasteiger partial charge in [-0.3, -0.25) is 24.1 Å². The number of halogens is 2. The maximum atomic E-state index is 12.6. The summed E-state index contributed by atoms with van der Waals surface area (Å²) in [6.45, 7) is 2.68. The van der Waals surface area contributed by atoms with Crippen molar-refractivity contribution < 1.29 is 28.7 Å².